The van der Waals surface area contributed by atoms with E-state index in [4.69, 9.17) is 9.47 Å². The van der Waals surface area contributed by atoms with Crippen molar-refractivity contribution in [1.29, 1.82) is 0 Å². The second kappa shape index (κ2) is 9.47. The molecule has 30 heavy (non-hydrogen) atoms. The van der Waals surface area contributed by atoms with Gasteiger partial charge in [0.15, 0.2) is 11.5 Å². The Morgan fingerprint density at radius 3 is 2.47 bits per heavy atom. The first-order valence-corrected chi connectivity index (χ1v) is 11.3. The molecular formula is C22H27N3O4S. The quantitative estimate of drug-likeness (QED) is 0.672. The molecular weight excluding hydrogens is 402 g/mol. The van der Waals surface area contributed by atoms with E-state index in [1.165, 1.54) is 11.3 Å². The fourth-order valence-corrected chi connectivity index (χ4v) is 4.41. The molecule has 8 heteroatoms. The molecule has 2 aliphatic carbocycles. The van der Waals surface area contributed by atoms with Gasteiger partial charge in [0.25, 0.3) is 5.91 Å². The van der Waals surface area contributed by atoms with E-state index in [1.807, 2.05) is 24.3 Å². The van der Waals surface area contributed by atoms with Crippen molar-refractivity contribution in [1.82, 2.24) is 15.6 Å². The maximum atomic E-state index is 12.7. The van der Waals surface area contributed by atoms with E-state index in [2.05, 4.69) is 15.6 Å². The van der Waals surface area contributed by atoms with Crippen LogP contribution >= 0.6 is 11.3 Å². The van der Waals surface area contributed by atoms with Gasteiger partial charge in [0.2, 0.25) is 5.91 Å². The van der Waals surface area contributed by atoms with Crippen molar-refractivity contribution in [3.8, 4) is 11.5 Å². The van der Waals surface area contributed by atoms with Crippen LogP contribution in [0.2, 0.25) is 0 Å². The van der Waals surface area contributed by atoms with E-state index in [-0.39, 0.29) is 36.4 Å². The Balaban J connectivity index is 1.33. The minimum Gasteiger partial charge on any atom is -0.493 e. The molecule has 0 bridgehead atoms. The zero-order valence-electron chi connectivity index (χ0n) is 17.1. The predicted octanol–water partition coefficient (Wildman–Crippen LogP) is 3.30. The molecule has 0 spiro atoms. The first-order chi connectivity index (χ1) is 14.6. The van der Waals surface area contributed by atoms with Crippen molar-refractivity contribution in [2.75, 3.05) is 7.11 Å². The molecule has 1 heterocycles. The standard InChI is InChI=1S/C22H27N3O4S/c1-28-18-8-4-5-9-19(18)29-12-20-23-17(13-30-20)22(27)25-16-7-3-2-6-15(16)24-21(26)14-10-11-14/h4-5,8-9,13-16H,2-3,6-7,10-12H2,1H3,(H,24,26)(H,25,27). The van der Waals surface area contributed by atoms with Crippen LogP contribution in [-0.4, -0.2) is 36.0 Å². The number of para-hydroxylation sites is 2. The Hall–Kier alpha value is -2.61. The molecule has 2 aromatic rings. The molecule has 2 fully saturated rings. The summed E-state index contributed by atoms with van der Waals surface area (Å²) in [6.07, 6.45) is 5.86. The Kier molecular flexibility index (Phi) is 6.52. The number of nitrogens with one attached hydrogen (secondary N) is 2. The number of nitrogens with zero attached hydrogens (tertiary/aromatic N) is 1. The Morgan fingerprint density at radius 1 is 1.07 bits per heavy atom. The van der Waals surface area contributed by atoms with Crippen LogP contribution in [0.15, 0.2) is 29.6 Å². The molecule has 4 rings (SSSR count). The number of carbonyl (C=O) groups is 2. The van der Waals surface area contributed by atoms with Gasteiger partial charge in [-0.2, -0.15) is 0 Å². The number of hydrogen-bond donors (Lipinski definition) is 2. The van der Waals surface area contributed by atoms with Crippen LogP contribution in [-0.2, 0) is 11.4 Å². The summed E-state index contributed by atoms with van der Waals surface area (Å²) in [5.74, 6) is 1.40. The van der Waals surface area contributed by atoms with Crippen LogP contribution in [0.1, 0.15) is 54.0 Å². The van der Waals surface area contributed by atoms with Crippen molar-refractivity contribution in [3.63, 3.8) is 0 Å². The highest BCUT2D eigenvalue weighted by atomic mass is 32.1. The second-order valence-corrected chi connectivity index (χ2v) is 8.76. The maximum Gasteiger partial charge on any atom is 0.271 e. The van der Waals surface area contributed by atoms with Crippen LogP contribution < -0.4 is 20.1 Å². The third kappa shape index (κ3) is 5.11. The molecule has 0 saturated heterocycles. The number of methoxy groups -OCH3 is 1. The summed E-state index contributed by atoms with van der Waals surface area (Å²) in [6.45, 7) is 0.266. The maximum absolute atomic E-state index is 12.7. The summed E-state index contributed by atoms with van der Waals surface area (Å²) in [4.78, 5) is 29.3. The van der Waals surface area contributed by atoms with Crippen LogP contribution in [0.5, 0.6) is 11.5 Å². The molecule has 0 aliphatic heterocycles. The number of benzene rings is 1. The fraction of sp³-hybridized carbons (Fsp3) is 0.500. The molecule has 2 aliphatic rings. The Morgan fingerprint density at radius 2 is 1.77 bits per heavy atom. The largest absolute Gasteiger partial charge is 0.493 e. The van der Waals surface area contributed by atoms with Crippen molar-refractivity contribution < 1.29 is 19.1 Å². The van der Waals surface area contributed by atoms with Crippen LogP contribution in [0.25, 0.3) is 0 Å². The summed E-state index contributed by atoms with van der Waals surface area (Å²) in [6, 6.07) is 7.37. The van der Waals surface area contributed by atoms with E-state index in [9.17, 15) is 9.59 Å². The average molecular weight is 430 g/mol. The summed E-state index contributed by atoms with van der Waals surface area (Å²) in [7, 11) is 1.60. The highest BCUT2D eigenvalue weighted by Crippen LogP contribution is 2.30. The molecule has 2 saturated carbocycles. The Bertz CT molecular complexity index is 896. The van der Waals surface area contributed by atoms with Gasteiger partial charge < -0.3 is 20.1 Å². The number of amides is 2. The number of carbonyl (C=O) groups excluding carboxylic acids is 2. The van der Waals surface area contributed by atoms with Crippen molar-refractivity contribution in [3.05, 3.63) is 40.3 Å². The fourth-order valence-electron chi connectivity index (χ4n) is 3.72. The lowest BCUT2D eigenvalue weighted by Crippen LogP contribution is -2.53. The van der Waals surface area contributed by atoms with Crippen molar-refractivity contribution in [2.45, 2.75) is 57.2 Å². The van der Waals surface area contributed by atoms with E-state index in [0.717, 1.165) is 38.5 Å². The number of ether oxygens (including phenoxy) is 2. The lowest BCUT2D eigenvalue weighted by Gasteiger charge is -2.32. The summed E-state index contributed by atoms with van der Waals surface area (Å²) in [5, 5.41) is 8.69. The smallest absolute Gasteiger partial charge is 0.271 e. The van der Waals surface area contributed by atoms with Gasteiger partial charge in [-0.15, -0.1) is 11.3 Å². The van der Waals surface area contributed by atoms with E-state index < -0.39 is 0 Å². The summed E-state index contributed by atoms with van der Waals surface area (Å²) < 4.78 is 11.1. The van der Waals surface area contributed by atoms with Crippen LogP contribution in [0.4, 0.5) is 0 Å². The highest BCUT2D eigenvalue weighted by Gasteiger charge is 2.34. The number of hydrogen-bond acceptors (Lipinski definition) is 6. The third-order valence-corrected chi connectivity index (χ3v) is 6.39. The van der Waals surface area contributed by atoms with Gasteiger partial charge in [-0.1, -0.05) is 25.0 Å². The number of aromatic nitrogens is 1. The monoisotopic (exact) mass is 429 g/mol. The van der Waals surface area contributed by atoms with Gasteiger partial charge in [0, 0.05) is 23.4 Å². The molecule has 2 atom stereocenters. The third-order valence-electron chi connectivity index (χ3n) is 5.56. The minimum absolute atomic E-state index is 0.00258. The summed E-state index contributed by atoms with van der Waals surface area (Å²) >= 11 is 1.39. The molecule has 2 N–H and O–H groups in total. The zero-order valence-corrected chi connectivity index (χ0v) is 17.9. The molecule has 7 nitrogen and oxygen atoms in total. The van der Waals surface area contributed by atoms with E-state index in [1.54, 1.807) is 12.5 Å². The van der Waals surface area contributed by atoms with Gasteiger partial charge in [0.05, 0.1) is 7.11 Å². The zero-order chi connectivity index (χ0) is 20.9. The molecule has 1 aromatic heterocycles. The first kappa shape index (κ1) is 20.7. The molecule has 2 amide bonds. The first-order valence-electron chi connectivity index (χ1n) is 10.5. The van der Waals surface area contributed by atoms with Crippen LogP contribution in [0.3, 0.4) is 0 Å². The van der Waals surface area contributed by atoms with Gasteiger partial charge in [0.1, 0.15) is 17.3 Å². The number of thiazole rings is 1. The second-order valence-electron chi connectivity index (χ2n) is 7.82. The number of rotatable bonds is 8. The average Bonchev–Trinajstić information content (AvgIpc) is 3.51. The molecule has 2 unspecified atom stereocenters. The predicted molar refractivity (Wildman–Crippen MR) is 114 cm³/mol. The molecule has 160 valence electrons. The van der Waals surface area contributed by atoms with Crippen molar-refractivity contribution >= 4 is 23.2 Å². The van der Waals surface area contributed by atoms with Gasteiger partial charge in [-0.05, 0) is 37.8 Å². The van der Waals surface area contributed by atoms with Gasteiger partial charge >= 0.3 is 0 Å². The summed E-state index contributed by atoms with van der Waals surface area (Å²) in [5.41, 5.74) is 0.386. The van der Waals surface area contributed by atoms with Crippen LogP contribution in [0, 0.1) is 5.92 Å². The Labute approximate surface area is 180 Å². The van der Waals surface area contributed by atoms with Gasteiger partial charge in [-0.3, -0.25) is 9.59 Å². The van der Waals surface area contributed by atoms with E-state index >= 15 is 0 Å². The lowest BCUT2D eigenvalue weighted by molar-refractivity contribution is -0.123. The lowest BCUT2D eigenvalue weighted by atomic mass is 9.90. The SMILES string of the molecule is COc1ccccc1OCc1nc(C(=O)NC2CCCCC2NC(=O)C2CC2)cs1. The van der Waals surface area contributed by atoms with E-state index in [0.29, 0.717) is 22.2 Å². The topological polar surface area (TPSA) is 89.6 Å². The highest BCUT2D eigenvalue weighted by molar-refractivity contribution is 7.09. The normalized spacial score (nSPS) is 21.0. The van der Waals surface area contributed by atoms with Gasteiger partial charge in [-0.25, -0.2) is 4.98 Å². The minimum atomic E-state index is -0.202. The van der Waals surface area contributed by atoms with Crippen molar-refractivity contribution in [2.24, 2.45) is 5.92 Å². The molecule has 0 radical (unpaired) electrons. The molecule has 1 aromatic carbocycles.